The maximum absolute atomic E-state index is 12.8. The zero-order chi connectivity index (χ0) is 18.8. The fraction of sp³-hybridized carbons (Fsp3) is 0.368. The molecule has 1 aliphatic heterocycles. The Labute approximate surface area is 157 Å². The van der Waals surface area contributed by atoms with Crippen LogP contribution in [0.25, 0.3) is 11.4 Å². The van der Waals surface area contributed by atoms with Gasteiger partial charge in [-0.1, -0.05) is 0 Å². The molecule has 27 heavy (non-hydrogen) atoms. The second-order valence-electron chi connectivity index (χ2n) is 6.77. The van der Waals surface area contributed by atoms with Crippen LogP contribution in [0.4, 0.5) is 0 Å². The smallest absolute Gasteiger partial charge is 0.257 e. The second-order valence-corrected chi connectivity index (χ2v) is 6.77. The lowest BCUT2D eigenvalue weighted by Gasteiger charge is -2.32. The zero-order valence-corrected chi connectivity index (χ0v) is 15.4. The molecule has 0 bridgehead atoms. The summed E-state index contributed by atoms with van der Waals surface area (Å²) in [6, 6.07) is 0. The minimum atomic E-state index is -0.00226. The van der Waals surface area contributed by atoms with Crippen LogP contribution >= 0.6 is 0 Å². The summed E-state index contributed by atoms with van der Waals surface area (Å²) < 4.78 is 1.95. The van der Waals surface area contributed by atoms with Crippen LogP contribution in [0.5, 0.6) is 0 Å². The van der Waals surface area contributed by atoms with Gasteiger partial charge in [0.1, 0.15) is 12.0 Å². The first-order valence-corrected chi connectivity index (χ1v) is 8.98. The van der Waals surface area contributed by atoms with Crippen LogP contribution in [0.2, 0.25) is 0 Å². The van der Waals surface area contributed by atoms with E-state index in [-0.39, 0.29) is 11.8 Å². The molecule has 0 spiro atoms. The fourth-order valence-corrected chi connectivity index (χ4v) is 3.56. The summed E-state index contributed by atoms with van der Waals surface area (Å²) in [5.41, 5.74) is 4.09. The molecule has 0 N–H and O–H groups in total. The quantitative estimate of drug-likeness (QED) is 0.707. The molecule has 8 heteroatoms. The third-order valence-corrected chi connectivity index (χ3v) is 5.10. The molecular weight excluding hydrogens is 342 g/mol. The number of carbonyl (C=O) groups excluding carboxylic acids is 1. The molecule has 1 aliphatic rings. The molecule has 8 nitrogen and oxygen atoms in total. The Morgan fingerprint density at radius 1 is 1.07 bits per heavy atom. The highest BCUT2D eigenvalue weighted by Gasteiger charge is 2.28. The third-order valence-electron chi connectivity index (χ3n) is 5.10. The highest BCUT2D eigenvalue weighted by atomic mass is 16.2. The predicted octanol–water partition coefficient (Wildman–Crippen LogP) is 2.00. The zero-order valence-electron chi connectivity index (χ0n) is 15.4. The third kappa shape index (κ3) is 3.30. The number of amides is 1. The molecule has 0 radical (unpaired) electrons. The summed E-state index contributed by atoms with van der Waals surface area (Å²) in [6.07, 6.45) is 11.8. The average Bonchev–Trinajstić information content (AvgIpc) is 3.14. The maximum Gasteiger partial charge on any atom is 0.257 e. The van der Waals surface area contributed by atoms with Gasteiger partial charge in [-0.2, -0.15) is 0 Å². The van der Waals surface area contributed by atoms with E-state index >= 15 is 0 Å². The molecule has 4 heterocycles. The number of aryl methyl sites for hydroxylation is 2. The van der Waals surface area contributed by atoms with Crippen LogP contribution in [-0.4, -0.2) is 53.4 Å². The lowest BCUT2D eigenvalue weighted by molar-refractivity contribution is 0.0710. The van der Waals surface area contributed by atoms with Crippen molar-refractivity contribution in [2.75, 3.05) is 13.1 Å². The van der Waals surface area contributed by atoms with Gasteiger partial charge >= 0.3 is 0 Å². The molecule has 0 aromatic carbocycles. The molecule has 138 valence electrons. The second kappa shape index (κ2) is 7.22. The van der Waals surface area contributed by atoms with E-state index in [1.165, 1.54) is 6.33 Å². The Morgan fingerprint density at radius 3 is 2.56 bits per heavy atom. The van der Waals surface area contributed by atoms with Crippen molar-refractivity contribution >= 4 is 5.91 Å². The van der Waals surface area contributed by atoms with Crippen molar-refractivity contribution in [3.05, 3.63) is 54.4 Å². The number of rotatable bonds is 3. The number of hydrogen-bond donors (Lipinski definition) is 0. The first-order chi connectivity index (χ1) is 13.1. The normalized spacial score (nSPS) is 15.1. The number of imidazole rings is 1. The Bertz CT molecular complexity index is 960. The Morgan fingerprint density at radius 2 is 1.85 bits per heavy atom. The van der Waals surface area contributed by atoms with Crippen LogP contribution in [0.15, 0.2) is 37.4 Å². The Hall–Kier alpha value is -3.16. The first-order valence-electron chi connectivity index (χ1n) is 8.98. The van der Waals surface area contributed by atoms with Crippen molar-refractivity contribution in [3.8, 4) is 11.4 Å². The number of carbonyl (C=O) groups is 1. The lowest BCUT2D eigenvalue weighted by Crippen LogP contribution is -2.38. The van der Waals surface area contributed by atoms with E-state index < -0.39 is 0 Å². The van der Waals surface area contributed by atoms with Gasteiger partial charge in [-0.15, -0.1) is 0 Å². The van der Waals surface area contributed by atoms with Gasteiger partial charge in [0.25, 0.3) is 5.91 Å². The van der Waals surface area contributed by atoms with E-state index in [0.29, 0.717) is 24.3 Å². The van der Waals surface area contributed by atoms with Gasteiger partial charge in [0.15, 0.2) is 0 Å². The minimum absolute atomic E-state index is 0.00226. The van der Waals surface area contributed by atoms with Crippen molar-refractivity contribution in [1.82, 2.24) is 34.4 Å². The molecular formula is C19H21N7O. The van der Waals surface area contributed by atoms with Crippen molar-refractivity contribution in [1.29, 1.82) is 0 Å². The van der Waals surface area contributed by atoms with Crippen molar-refractivity contribution in [2.45, 2.75) is 25.7 Å². The van der Waals surface area contributed by atoms with Crippen LogP contribution < -0.4 is 0 Å². The number of hydrogen-bond acceptors (Lipinski definition) is 6. The maximum atomic E-state index is 12.8. The molecule has 0 saturated carbocycles. The van der Waals surface area contributed by atoms with Gasteiger partial charge in [-0.3, -0.25) is 14.8 Å². The van der Waals surface area contributed by atoms with Gasteiger partial charge in [-0.25, -0.2) is 15.0 Å². The van der Waals surface area contributed by atoms with Gasteiger partial charge < -0.3 is 9.47 Å². The molecule has 0 aliphatic carbocycles. The number of likely N-dealkylation sites (tertiary alicyclic amines) is 1. The summed E-state index contributed by atoms with van der Waals surface area (Å²) in [7, 11) is 1.95. The van der Waals surface area contributed by atoms with Crippen LogP contribution in [0.1, 0.15) is 40.5 Å². The van der Waals surface area contributed by atoms with E-state index in [4.69, 9.17) is 0 Å². The SMILES string of the molecule is Cc1ncncc1C(=O)N1CCC(c2nccnc2-c2cncn2C)CC1. The van der Waals surface area contributed by atoms with Crippen LogP contribution in [-0.2, 0) is 7.05 Å². The summed E-state index contributed by atoms with van der Waals surface area (Å²) in [6.45, 7) is 3.19. The summed E-state index contributed by atoms with van der Waals surface area (Å²) >= 11 is 0. The van der Waals surface area contributed by atoms with E-state index in [1.54, 1.807) is 24.9 Å². The van der Waals surface area contributed by atoms with Gasteiger partial charge in [0.05, 0.1) is 35.2 Å². The standard InChI is InChI=1S/C19H21N7O/c1-13-15(9-20-11-24-13)19(27)26-7-3-14(4-8-26)17-18(23-6-5-22-17)16-10-21-12-25(16)2/h5-6,9-12,14H,3-4,7-8H2,1-2H3. The van der Waals surface area contributed by atoms with Crippen molar-refractivity contribution < 1.29 is 4.79 Å². The number of piperidine rings is 1. The van der Waals surface area contributed by atoms with E-state index in [0.717, 1.165) is 29.9 Å². The van der Waals surface area contributed by atoms with Crippen molar-refractivity contribution in [2.24, 2.45) is 7.05 Å². The molecule has 1 amide bonds. The minimum Gasteiger partial charge on any atom is -0.338 e. The molecule has 0 atom stereocenters. The van der Waals surface area contributed by atoms with Crippen LogP contribution in [0.3, 0.4) is 0 Å². The van der Waals surface area contributed by atoms with E-state index in [2.05, 4.69) is 24.9 Å². The highest BCUT2D eigenvalue weighted by Crippen LogP contribution is 2.32. The predicted molar refractivity (Wildman–Crippen MR) is 98.9 cm³/mol. The van der Waals surface area contributed by atoms with Gasteiger partial charge in [0.2, 0.25) is 0 Å². The fourth-order valence-electron chi connectivity index (χ4n) is 3.56. The van der Waals surface area contributed by atoms with Gasteiger partial charge in [-0.05, 0) is 19.8 Å². The Kier molecular flexibility index (Phi) is 4.62. The number of nitrogens with zero attached hydrogens (tertiary/aromatic N) is 7. The van der Waals surface area contributed by atoms with E-state index in [9.17, 15) is 4.79 Å². The molecule has 4 rings (SSSR count). The van der Waals surface area contributed by atoms with Crippen LogP contribution in [0, 0.1) is 6.92 Å². The summed E-state index contributed by atoms with van der Waals surface area (Å²) in [4.78, 5) is 36.1. The van der Waals surface area contributed by atoms with E-state index in [1.807, 2.05) is 29.6 Å². The molecule has 3 aromatic rings. The van der Waals surface area contributed by atoms with Crippen molar-refractivity contribution in [3.63, 3.8) is 0 Å². The molecule has 3 aromatic heterocycles. The first kappa shape index (κ1) is 17.3. The summed E-state index contributed by atoms with van der Waals surface area (Å²) in [5, 5.41) is 0. The summed E-state index contributed by atoms with van der Waals surface area (Å²) in [5.74, 6) is 0.262. The highest BCUT2D eigenvalue weighted by molar-refractivity contribution is 5.94. The Balaban J connectivity index is 1.52. The topological polar surface area (TPSA) is 89.7 Å². The molecule has 1 saturated heterocycles. The largest absolute Gasteiger partial charge is 0.338 e. The molecule has 1 fully saturated rings. The lowest BCUT2D eigenvalue weighted by atomic mass is 9.91. The van der Waals surface area contributed by atoms with Gasteiger partial charge in [0, 0.05) is 44.6 Å². The number of aromatic nitrogens is 6. The monoisotopic (exact) mass is 363 g/mol. The molecule has 0 unspecified atom stereocenters. The average molecular weight is 363 g/mol.